The van der Waals surface area contributed by atoms with Crippen LogP contribution in [0.3, 0.4) is 0 Å². The zero-order valence-corrected chi connectivity index (χ0v) is 7.78. The number of hydrogen-bond donors (Lipinski definition) is 2. The maximum Gasteiger partial charge on any atom is 0.0655 e. The van der Waals surface area contributed by atoms with E-state index in [1.54, 1.807) is 0 Å². The van der Waals surface area contributed by atoms with Gasteiger partial charge in [-0.2, -0.15) is 0 Å². The van der Waals surface area contributed by atoms with Crippen LogP contribution in [-0.2, 0) is 0 Å². The Bertz CT molecular complexity index is 249. The van der Waals surface area contributed by atoms with Gasteiger partial charge in [0.15, 0.2) is 0 Å². The van der Waals surface area contributed by atoms with Crippen LogP contribution in [0.4, 0.5) is 0 Å². The van der Waals surface area contributed by atoms with Crippen LogP contribution in [-0.4, -0.2) is 13.2 Å². The van der Waals surface area contributed by atoms with Gasteiger partial charge in [0.05, 0.1) is 6.67 Å². The summed E-state index contributed by atoms with van der Waals surface area (Å²) in [6.07, 6.45) is 5.70. The van der Waals surface area contributed by atoms with Crippen molar-refractivity contribution in [1.82, 2.24) is 10.6 Å². The Morgan fingerprint density at radius 3 is 3.08 bits per heavy atom. The topological polar surface area (TPSA) is 24.1 Å². The first kappa shape index (κ1) is 7.87. The van der Waals surface area contributed by atoms with Gasteiger partial charge in [-0.05, 0) is 23.5 Å². The van der Waals surface area contributed by atoms with Crippen molar-refractivity contribution in [3.8, 4) is 0 Å². The monoisotopic (exact) mass is 164 g/mol. The summed E-state index contributed by atoms with van der Waals surface area (Å²) in [6.45, 7) is 6.52. The normalized spacial score (nSPS) is 26.5. The van der Waals surface area contributed by atoms with E-state index in [0.29, 0.717) is 5.41 Å². The van der Waals surface area contributed by atoms with Gasteiger partial charge in [-0.25, -0.2) is 0 Å². The molecule has 2 N–H and O–H groups in total. The molecule has 0 radical (unpaired) electrons. The molecule has 0 aromatic heterocycles. The third-order valence-electron chi connectivity index (χ3n) is 2.49. The van der Waals surface area contributed by atoms with Crippen molar-refractivity contribution >= 4 is 0 Å². The van der Waals surface area contributed by atoms with Crippen LogP contribution < -0.4 is 10.6 Å². The summed E-state index contributed by atoms with van der Waals surface area (Å²) < 4.78 is 0. The molecule has 0 saturated carbocycles. The molecule has 0 saturated heterocycles. The van der Waals surface area contributed by atoms with Crippen molar-refractivity contribution in [2.45, 2.75) is 20.3 Å². The lowest BCUT2D eigenvalue weighted by Gasteiger charge is -2.31. The molecule has 2 aliphatic rings. The van der Waals surface area contributed by atoms with E-state index in [4.69, 9.17) is 0 Å². The highest BCUT2D eigenvalue weighted by Crippen LogP contribution is 2.32. The molecule has 2 nitrogen and oxygen atoms in total. The lowest BCUT2D eigenvalue weighted by atomic mass is 9.80. The third-order valence-corrected chi connectivity index (χ3v) is 2.49. The molecule has 0 aromatic rings. The van der Waals surface area contributed by atoms with E-state index in [9.17, 15) is 0 Å². The van der Waals surface area contributed by atoms with Gasteiger partial charge in [-0.3, -0.25) is 5.32 Å². The Hall–Kier alpha value is -0.760. The Labute approximate surface area is 73.7 Å². The molecule has 0 amide bonds. The van der Waals surface area contributed by atoms with E-state index >= 15 is 0 Å². The highest BCUT2D eigenvalue weighted by atomic mass is 15.1. The summed E-state index contributed by atoms with van der Waals surface area (Å²) in [7, 11) is 0. The molecule has 2 rings (SSSR count). The molecule has 0 unspecified atom stereocenters. The Kier molecular flexibility index (Phi) is 1.72. The largest absolute Gasteiger partial charge is 0.372 e. The van der Waals surface area contributed by atoms with E-state index in [2.05, 4.69) is 36.6 Å². The number of allylic oxidation sites excluding steroid dienone is 2. The van der Waals surface area contributed by atoms with Crippen LogP contribution >= 0.6 is 0 Å². The van der Waals surface area contributed by atoms with E-state index in [1.807, 2.05) is 0 Å². The predicted molar refractivity (Wildman–Crippen MR) is 50.6 cm³/mol. The van der Waals surface area contributed by atoms with Crippen LogP contribution in [0.25, 0.3) is 0 Å². The van der Waals surface area contributed by atoms with Crippen molar-refractivity contribution in [2.24, 2.45) is 5.41 Å². The molecule has 2 heteroatoms. The summed E-state index contributed by atoms with van der Waals surface area (Å²) in [5.74, 6) is 0. The second-order valence-corrected chi connectivity index (χ2v) is 4.30. The van der Waals surface area contributed by atoms with Gasteiger partial charge in [0, 0.05) is 12.2 Å². The summed E-state index contributed by atoms with van der Waals surface area (Å²) >= 11 is 0. The summed E-state index contributed by atoms with van der Waals surface area (Å²) in [5, 5.41) is 6.66. The molecule has 1 aliphatic carbocycles. The van der Waals surface area contributed by atoms with Gasteiger partial charge >= 0.3 is 0 Å². The number of rotatable bonds is 0. The first-order chi connectivity index (χ1) is 5.67. The maximum absolute atomic E-state index is 3.34. The predicted octanol–water partition coefficient (Wildman–Crippen LogP) is 1.38. The van der Waals surface area contributed by atoms with Crippen LogP contribution in [0.1, 0.15) is 20.3 Å². The van der Waals surface area contributed by atoms with E-state index in [0.717, 1.165) is 13.2 Å². The molecule has 0 fully saturated rings. The molecule has 66 valence electrons. The van der Waals surface area contributed by atoms with Crippen molar-refractivity contribution in [2.75, 3.05) is 13.2 Å². The molecular weight excluding hydrogens is 148 g/mol. The molecule has 0 atom stereocenters. The zero-order chi connectivity index (χ0) is 8.60. The van der Waals surface area contributed by atoms with E-state index in [1.165, 1.54) is 17.7 Å². The minimum atomic E-state index is 0.347. The van der Waals surface area contributed by atoms with Gasteiger partial charge in [0.1, 0.15) is 0 Å². The van der Waals surface area contributed by atoms with Crippen molar-refractivity contribution in [3.63, 3.8) is 0 Å². The summed E-state index contributed by atoms with van der Waals surface area (Å²) in [4.78, 5) is 0. The molecule has 12 heavy (non-hydrogen) atoms. The molecule has 0 spiro atoms. The first-order valence-electron chi connectivity index (χ1n) is 4.53. The molecular formula is C10H16N2. The van der Waals surface area contributed by atoms with Crippen LogP contribution in [0.5, 0.6) is 0 Å². The molecule has 1 aliphatic heterocycles. The zero-order valence-electron chi connectivity index (χ0n) is 7.78. The summed E-state index contributed by atoms with van der Waals surface area (Å²) in [5.41, 5.74) is 3.21. The van der Waals surface area contributed by atoms with E-state index < -0.39 is 0 Å². The van der Waals surface area contributed by atoms with Crippen LogP contribution in [0, 0.1) is 5.41 Å². The fourth-order valence-electron chi connectivity index (χ4n) is 1.84. The molecule has 1 heterocycles. The lowest BCUT2D eigenvalue weighted by Crippen LogP contribution is -2.38. The van der Waals surface area contributed by atoms with Crippen molar-refractivity contribution in [1.29, 1.82) is 0 Å². The lowest BCUT2D eigenvalue weighted by molar-refractivity contribution is 0.442. The van der Waals surface area contributed by atoms with Crippen LogP contribution in [0.15, 0.2) is 23.4 Å². The summed E-state index contributed by atoms with van der Waals surface area (Å²) in [6, 6.07) is 0. The molecule has 0 bridgehead atoms. The smallest absolute Gasteiger partial charge is 0.0655 e. The number of hydrogen-bond acceptors (Lipinski definition) is 2. The molecule has 0 aromatic carbocycles. The van der Waals surface area contributed by atoms with Gasteiger partial charge in [-0.1, -0.05) is 19.9 Å². The Morgan fingerprint density at radius 2 is 2.25 bits per heavy atom. The Balaban J connectivity index is 2.23. The minimum absolute atomic E-state index is 0.347. The Morgan fingerprint density at radius 1 is 1.42 bits per heavy atom. The second-order valence-electron chi connectivity index (χ2n) is 4.30. The third kappa shape index (κ3) is 1.39. The minimum Gasteiger partial charge on any atom is -0.372 e. The number of nitrogens with one attached hydrogen (secondary N) is 2. The highest BCUT2D eigenvalue weighted by Gasteiger charge is 2.23. The SMILES string of the molecule is CC1(C)C=CC2=C(CNCN2)C1. The van der Waals surface area contributed by atoms with Crippen molar-refractivity contribution in [3.05, 3.63) is 23.4 Å². The van der Waals surface area contributed by atoms with Gasteiger partial charge < -0.3 is 5.32 Å². The van der Waals surface area contributed by atoms with Gasteiger partial charge in [-0.15, -0.1) is 0 Å². The van der Waals surface area contributed by atoms with E-state index in [-0.39, 0.29) is 0 Å². The fraction of sp³-hybridized carbons (Fsp3) is 0.600. The average molecular weight is 164 g/mol. The van der Waals surface area contributed by atoms with Gasteiger partial charge in [0.2, 0.25) is 0 Å². The van der Waals surface area contributed by atoms with Crippen molar-refractivity contribution < 1.29 is 0 Å². The van der Waals surface area contributed by atoms with Crippen LogP contribution in [0.2, 0.25) is 0 Å². The first-order valence-corrected chi connectivity index (χ1v) is 4.53. The second kappa shape index (κ2) is 2.63. The maximum atomic E-state index is 3.34. The fourth-order valence-corrected chi connectivity index (χ4v) is 1.84. The highest BCUT2D eigenvalue weighted by molar-refractivity contribution is 5.33. The quantitative estimate of drug-likeness (QED) is 0.565. The average Bonchev–Trinajstić information content (AvgIpc) is 2.02. The van der Waals surface area contributed by atoms with Gasteiger partial charge in [0.25, 0.3) is 0 Å². The standard InChI is InChI=1S/C10H16N2/c1-10(2)4-3-9-8(5-10)6-11-7-12-9/h3-4,11-12H,5-7H2,1-2H3.